The maximum absolute atomic E-state index is 12.5. The lowest BCUT2D eigenvalue weighted by atomic mass is 10.3. The molecule has 0 amide bonds. The number of sulfonamides is 1. The maximum atomic E-state index is 12.5. The van der Waals surface area contributed by atoms with Crippen molar-refractivity contribution in [2.45, 2.75) is 17.9 Å². The molecular formula is C11H16BrClN2O2S2. The molecule has 1 aromatic rings. The van der Waals surface area contributed by atoms with Gasteiger partial charge in [-0.2, -0.15) is 16.1 Å². The molecule has 0 heterocycles. The van der Waals surface area contributed by atoms with Gasteiger partial charge < -0.3 is 5.73 Å². The highest BCUT2D eigenvalue weighted by molar-refractivity contribution is 9.10. The number of benzene rings is 1. The Bertz CT molecular complexity index is 566. The van der Waals surface area contributed by atoms with E-state index in [-0.39, 0.29) is 10.9 Å². The Kier molecular flexibility index (Phi) is 6.00. The predicted octanol–water partition coefficient (Wildman–Crippen LogP) is 3.06. The summed E-state index contributed by atoms with van der Waals surface area (Å²) in [4.78, 5) is 0.0907. The van der Waals surface area contributed by atoms with Crippen LogP contribution in [-0.2, 0) is 10.0 Å². The highest BCUT2D eigenvalue weighted by Crippen LogP contribution is 2.33. The molecule has 0 spiro atoms. The first-order valence-electron chi connectivity index (χ1n) is 5.43. The van der Waals surface area contributed by atoms with Gasteiger partial charge in [0.1, 0.15) is 0 Å². The summed E-state index contributed by atoms with van der Waals surface area (Å²) >= 11 is 10.7. The fraction of sp³-hybridized carbons (Fsp3) is 0.455. The van der Waals surface area contributed by atoms with Crippen LogP contribution in [0.3, 0.4) is 0 Å². The number of anilines is 1. The second-order valence-electron chi connectivity index (χ2n) is 4.13. The van der Waals surface area contributed by atoms with Crippen molar-refractivity contribution in [3.8, 4) is 0 Å². The van der Waals surface area contributed by atoms with Gasteiger partial charge >= 0.3 is 0 Å². The van der Waals surface area contributed by atoms with Gasteiger partial charge in [-0.25, -0.2) is 8.42 Å². The third-order valence-electron chi connectivity index (χ3n) is 2.72. The molecular weight excluding hydrogens is 372 g/mol. The molecule has 2 N–H and O–H groups in total. The van der Waals surface area contributed by atoms with Gasteiger partial charge in [-0.3, -0.25) is 0 Å². The van der Waals surface area contributed by atoms with Gasteiger partial charge in [0.15, 0.2) is 0 Å². The first-order chi connectivity index (χ1) is 8.71. The van der Waals surface area contributed by atoms with E-state index in [0.717, 1.165) is 0 Å². The third kappa shape index (κ3) is 3.78. The number of rotatable bonds is 5. The molecule has 19 heavy (non-hydrogen) atoms. The predicted molar refractivity (Wildman–Crippen MR) is 86.4 cm³/mol. The molecule has 108 valence electrons. The zero-order valence-electron chi connectivity index (χ0n) is 10.9. The molecule has 0 aliphatic heterocycles. The Labute approximate surface area is 131 Å². The Morgan fingerprint density at radius 2 is 2.11 bits per heavy atom. The SMILES string of the molecule is CSCC(C)N(C)S(=O)(=O)c1cc(Cl)cc(N)c1Br. The molecule has 0 radical (unpaired) electrons. The molecule has 1 aromatic carbocycles. The van der Waals surface area contributed by atoms with Gasteiger partial charge in [0.25, 0.3) is 0 Å². The average molecular weight is 388 g/mol. The quantitative estimate of drug-likeness (QED) is 0.789. The van der Waals surface area contributed by atoms with E-state index in [2.05, 4.69) is 15.9 Å². The fourth-order valence-electron chi connectivity index (χ4n) is 1.51. The molecule has 8 heteroatoms. The van der Waals surface area contributed by atoms with Gasteiger partial charge in [-0.15, -0.1) is 0 Å². The highest BCUT2D eigenvalue weighted by atomic mass is 79.9. The van der Waals surface area contributed by atoms with E-state index >= 15 is 0 Å². The van der Waals surface area contributed by atoms with E-state index in [4.69, 9.17) is 17.3 Å². The van der Waals surface area contributed by atoms with Crippen LogP contribution in [0.5, 0.6) is 0 Å². The van der Waals surface area contributed by atoms with E-state index in [1.54, 1.807) is 18.8 Å². The summed E-state index contributed by atoms with van der Waals surface area (Å²) < 4.78 is 26.8. The summed E-state index contributed by atoms with van der Waals surface area (Å²) in [6, 6.07) is 2.79. The Hall–Kier alpha value is 0.0500. The van der Waals surface area contributed by atoms with E-state index in [1.165, 1.54) is 16.4 Å². The van der Waals surface area contributed by atoms with Crippen molar-refractivity contribution in [1.82, 2.24) is 4.31 Å². The van der Waals surface area contributed by atoms with Crippen molar-refractivity contribution < 1.29 is 8.42 Å². The van der Waals surface area contributed by atoms with Crippen LogP contribution in [0.1, 0.15) is 6.92 Å². The summed E-state index contributed by atoms with van der Waals surface area (Å²) in [5.74, 6) is 0.712. The first-order valence-corrected chi connectivity index (χ1v) is 9.43. The van der Waals surface area contributed by atoms with Crippen LogP contribution in [0.2, 0.25) is 5.02 Å². The second kappa shape index (κ2) is 6.67. The minimum atomic E-state index is -3.63. The van der Waals surface area contributed by atoms with Crippen LogP contribution < -0.4 is 5.73 Å². The summed E-state index contributed by atoms with van der Waals surface area (Å²) in [5.41, 5.74) is 6.04. The minimum Gasteiger partial charge on any atom is -0.398 e. The van der Waals surface area contributed by atoms with Gasteiger partial charge in [0, 0.05) is 29.6 Å². The lowest BCUT2D eigenvalue weighted by Crippen LogP contribution is -2.36. The molecule has 0 fully saturated rings. The van der Waals surface area contributed by atoms with Crippen LogP contribution >= 0.6 is 39.3 Å². The molecule has 0 saturated carbocycles. The number of nitrogens with zero attached hydrogens (tertiary/aromatic N) is 1. The van der Waals surface area contributed by atoms with Gasteiger partial charge in [-0.1, -0.05) is 11.6 Å². The minimum absolute atomic E-state index is 0.0907. The molecule has 0 aromatic heterocycles. The molecule has 4 nitrogen and oxygen atoms in total. The zero-order chi connectivity index (χ0) is 14.8. The van der Waals surface area contributed by atoms with Gasteiger partial charge in [-0.05, 0) is 41.2 Å². The van der Waals surface area contributed by atoms with E-state index in [9.17, 15) is 8.42 Å². The standard InChI is InChI=1S/C11H16BrClN2O2S2/c1-7(6-18-3)15(2)19(16,17)10-5-8(13)4-9(14)11(10)12/h4-5,7H,6,14H2,1-3H3. The maximum Gasteiger partial charge on any atom is 0.244 e. The van der Waals surface area contributed by atoms with Gasteiger partial charge in [0.05, 0.1) is 9.37 Å². The van der Waals surface area contributed by atoms with Crippen LogP contribution in [0.25, 0.3) is 0 Å². The summed E-state index contributed by atoms with van der Waals surface area (Å²) in [5, 5.41) is 0.296. The Morgan fingerprint density at radius 3 is 2.63 bits per heavy atom. The first kappa shape index (κ1) is 17.1. The van der Waals surface area contributed by atoms with Gasteiger partial charge in [0.2, 0.25) is 10.0 Å². The Morgan fingerprint density at radius 1 is 1.53 bits per heavy atom. The van der Waals surface area contributed by atoms with Crippen molar-refractivity contribution in [2.24, 2.45) is 0 Å². The van der Waals surface area contributed by atoms with Crippen LogP contribution in [0.15, 0.2) is 21.5 Å². The lowest BCUT2D eigenvalue weighted by Gasteiger charge is -2.24. The second-order valence-corrected chi connectivity index (χ2v) is 8.24. The summed E-state index contributed by atoms with van der Waals surface area (Å²) in [6.07, 6.45) is 1.93. The van der Waals surface area contributed by atoms with Crippen LogP contribution in [-0.4, -0.2) is 37.8 Å². The van der Waals surface area contributed by atoms with Crippen molar-refractivity contribution in [2.75, 3.05) is 24.8 Å². The average Bonchev–Trinajstić information content (AvgIpc) is 2.32. The number of thioether (sulfide) groups is 1. The van der Waals surface area contributed by atoms with E-state index < -0.39 is 10.0 Å². The fourth-order valence-corrected chi connectivity index (χ4v) is 4.92. The number of hydrogen-bond donors (Lipinski definition) is 1. The molecule has 0 aliphatic carbocycles. The number of nitrogen functional groups attached to an aromatic ring is 1. The molecule has 1 unspecified atom stereocenters. The molecule has 0 saturated heterocycles. The topological polar surface area (TPSA) is 63.4 Å². The Balaban J connectivity index is 3.28. The monoisotopic (exact) mass is 386 g/mol. The van der Waals surface area contributed by atoms with E-state index in [0.29, 0.717) is 20.9 Å². The van der Waals surface area contributed by atoms with Crippen molar-refractivity contribution in [3.63, 3.8) is 0 Å². The van der Waals surface area contributed by atoms with Crippen molar-refractivity contribution in [3.05, 3.63) is 21.6 Å². The van der Waals surface area contributed by atoms with E-state index in [1.807, 2.05) is 13.2 Å². The smallest absolute Gasteiger partial charge is 0.244 e. The van der Waals surface area contributed by atoms with Crippen LogP contribution in [0.4, 0.5) is 5.69 Å². The lowest BCUT2D eigenvalue weighted by molar-refractivity contribution is 0.415. The van der Waals surface area contributed by atoms with Crippen molar-refractivity contribution >= 4 is 55.0 Å². The molecule has 0 bridgehead atoms. The van der Waals surface area contributed by atoms with Crippen LogP contribution in [0, 0.1) is 0 Å². The summed E-state index contributed by atoms with van der Waals surface area (Å²) in [7, 11) is -2.07. The van der Waals surface area contributed by atoms with Crippen molar-refractivity contribution in [1.29, 1.82) is 0 Å². The largest absolute Gasteiger partial charge is 0.398 e. The summed E-state index contributed by atoms with van der Waals surface area (Å²) in [6.45, 7) is 1.86. The molecule has 0 aliphatic rings. The number of hydrogen-bond acceptors (Lipinski definition) is 4. The molecule has 1 atom stereocenters. The third-order valence-corrected chi connectivity index (χ3v) is 6.90. The highest BCUT2D eigenvalue weighted by Gasteiger charge is 2.28. The normalized spacial score (nSPS) is 13.8. The number of nitrogens with two attached hydrogens (primary N) is 1. The zero-order valence-corrected chi connectivity index (χ0v) is 14.8. The number of halogens is 2. The molecule has 1 rings (SSSR count).